The maximum absolute atomic E-state index is 9.97. The van der Waals surface area contributed by atoms with Crippen LogP contribution in [0.1, 0.15) is 0 Å². The van der Waals surface area contributed by atoms with Gasteiger partial charge in [-0.2, -0.15) is 0 Å². The second-order valence-electron chi connectivity index (χ2n) is 1.86. The average Bonchev–Trinajstić information content (AvgIpc) is 1.90. The van der Waals surface area contributed by atoms with Crippen molar-refractivity contribution in [3.05, 3.63) is 0 Å². The van der Waals surface area contributed by atoms with Gasteiger partial charge in [0.1, 0.15) is 6.61 Å². The van der Waals surface area contributed by atoms with Crippen LogP contribution in [0.4, 0.5) is 4.79 Å². The zero-order valence-electron chi connectivity index (χ0n) is 5.49. The van der Waals surface area contributed by atoms with E-state index in [9.17, 15) is 4.79 Å². The van der Waals surface area contributed by atoms with Gasteiger partial charge in [-0.15, -0.1) is 0 Å². The van der Waals surface area contributed by atoms with E-state index < -0.39 is 12.0 Å². The molecular weight excluding hydrogens is 138 g/mol. The molecule has 0 aromatic rings. The molecule has 4 N–H and O–H groups in total. The molecule has 0 saturated carbocycles. The Morgan fingerprint density at radius 1 is 1.50 bits per heavy atom. The first-order valence-electron chi connectivity index (χ1n) is 2.84. The Bertz CT molecular complexity index is 102. The molecule has 0 aromatic carbocycles. The van der Waals surface area contributed by atoms with Gasteiger partial charge in [0.05, 0.1) is 13.2 Å². The first-order valence-corrected chi connectivity index (χ1v) is 2.84. The summed E-state index contributed by atoms with van der Waals surface area (Å²) < 4.78 is 4.30. The summed E-state index contributed by atoms with van der Waals surface area (Å²) in [6.07, 6.45) is -0.896. The van der Waals surface area contributed by atoms with Crippen LogP contribution in [0.25, 0.3) is 0 Å². The van der Waals surface area contributed by atoms with Gasteiger partial charge in [0, 0.05) is 5.92 Å². The molecule has 0 fully saturated rings. The molecule has 60 valence electrons. The molecular formula is C5H11NO4. The number of amides is 1. The largest absolute Gasteiger partial charge is 0.449 e. The van der Waals surface area contributed by atoms with Crippen molar-refractivity contribution in [2.45, 2.75) is 0 Å². The number of rotatable bonds is 4. The molecule has 0 aliphatic heterocycles. The molecule has 1 amide bonds. The number of carbonyl (C=O) groups excluding carboxylic acids is 1. The first kappa shape index (κ1) is 9.19. The molecule has 0 heterocycles. The lowest BCUT2D eigenvalue weighted by molar-refractivity contribution is 0.0782. The van der Waals surface area contributed by atoms with Crippen LogP contribution in [0.5, 0.6) is 0 Å². The van der Waals surface area contributed by atoms with Crippen molar-refractivity contribution in [3.63, 3.8) is 0 Å². The van der Waals surface area contributed by atoms with Crippen molar-refractivity contribution in [1.82, 2.24) is 0 Å². The van der Waals surface area contributed by atoms with E-state index in [1.165, 1.54) is 0 Å². The van der Waals surface area contributed by atoms with E-state index in [1.807, 2.05) is 0 Å². The van der Waals surface area contributed by atoms with Gasteiger partial charge in [-0.1, -0.05) is 0 Å². The highest BCUT2D eigenvalue weighted by Gasteiger charge is 2.06. The van der Waals surface area contributed by atoms with Crippen LogP contribution in [0, 0.1) is 5.92 Å². The number of carbonyl (C=O) groups is 1. The summed E-state index contributed by atoms with van der Waals surface area (Å²) >= 11 is 0. The SMILES string of the molecule is NC(=O)OCC(CO)CO. The van der Waals surface area contributed by atoms with E-state index in [1.54, 1.807) is 0 Å². The Morgan fingerprint density at radius 3 is 2.30 bits per heavy atom. The number of ether oxygens (including phenoxy) is 1. The maximum atomic E-state index is 9.97. The fraction of sp³-hybridized carbons (Fsp3) is 0.800. The minimum Gasteiger partial charge on any atom is -0.449 e. The number of hydrogen-bond acceptors (Lipinski definition) is 4. The van der Waals surface area contributed by atoms with Gasteiger partial charge in [0.2, 0.25) is 0 Å². The van der Waals surface area contributed by atoms with E-state index in [-0.39, 0.29) is 19.8 Å². The molecule has 0 aromatic heterocycles. The van der Waals surface area contributed by atoms with E-state index in [2.05, 4.69) is 10.5 Å². The highest BCUT2D eigenvalue weighted by molar-refractivity contribution is 5.64. The molecule has 0 aliphatic carbocycles. The first-order chi connectivity index (χ1) is 4.70. The van der Waals surface area contributed by atoms with Crippen LogP contribution in [0.3, 0.4) is 0 Å². The Kier molecular flexibility index (Phi) is 4.61. The van der Waals surface area contributed by atoms with Crippen molar-refractivity contribution >= 4 is 6.09 Å². The fourth-order valence-electron chi connectivity index (χ4n) is 0.363. The van der Waals surface area contributed by atoms with Gasteiger partial charge in [-0.05, 0) is 0 Å². The standard InChI is InChI=1S/C5H11NO4/c6-5(9)10-3-4(1-7)2-8/h4,7-8H,1-3H2,(H2,6,9). The van der Waals surface area contributed by atoms with Gasteiger partial charge in [0.25, 0.3) is 0 Å². The molecule has 0 aliphatic rings. The maximum Gasteiger partial charge on any atom is 0.404 e. The highest BCUT2D eigenvalue weighted by Crippen LogP contribution is 1.93. The van der Waals surface area contributed by atoms with Crippen LogP contribution in [-0.2, 0) is 4.74 Å². The molecule has 10 heavy (non-hydrogen) atoms. The summed E-state index contributed by atoms with van der Waals surface area (Å²) in [6.45, 7) is -0.476. The minimum absolute atomic E-state index is 0.0394. The van der Waals surface area contributed by atoms with Gasteiger partial charge in [-0.3, -0.25) is 0 Å². The summed E-state index contributed by atoms with van der Waals surface area (Å²) in [7, 11) is 0. The Morgan fingerprint density at radius 2 is 2.00 bits per heavy atom. The predicted octanol–water partition coefficient (Wildman–Crippen LogP) is -1.32. The van der Waals surface area contributed by atoms with Crippen molar-refractivity contribution in [3.8, 4) is 0 Å². The lowest BCUT2D eigenvalue weighted by Gasteiger charge is -2.08. The van der Waals surface area contributed by atoms with Crippen LogP contribution in [-0.4, -0.2) is 36.1 Å². The van der Waals surface area contributed by atoms with Gasteiger partial charge in [-0.25, -0.2) is 4.79 Å². The molecule has 5 nitrogen and oxygen atoms in total. The van der Waals surface area contributed by atoms with Crippen LogP contribution in [0.15, 0.2) is 0 Å². The Labute approximate surface area is 58.4 Å². The Balaban J connectivity index is 3.34. The quantitative estimate of drug-likeness (QED) is 0.462. The minimum atomic E-state index is -0.896. The molecule has 0 bridgehead atoms. The monoisotopic (exact) mass is 149 g/mol. The summed E-state index contributed by atoms with van der Waals surface area (Å²) in [4.78, 5) is 9.97. The molecule has 0 rings (SSSR count). The van der Waals surface area contributed by atoms with Crippen LogP contribution < -0.4 is 5.73 Å². The van der Waals surface area contributed by atoms with Crippen molar-refractivity contribution in [2.75, 3.05) is 19.8 Å². The third-order valence-corrected chi connectivity index (χ3v) is 0.978. The van der Waals surface area contributed by atoms with Gasteiger partial charge in [0.15, 0.2) is 0 Å². The second-order valence-corrected chi connectivity index (χ2v) is 1.86. The molecule has 0 unspecified atom stereocenters. The van der Waals surface area contributed by atoms with Crippen LogP contribution in [0.2, 0.25) is 0 Å². The molecule has 0 spiro atoms. The summed E-state index contributed by atoms with van der Waals surface area (Å²) in [5.41, 5.74) is 4.63. The zero-order chi connectivity index (χ0) is 7.98. The molecule has 5 heteroatoms. The highest BCUT2D eigenvalue weighted by atomic mass is 16.5. The van der Waals surface area contributed by atoms with E-state index in [0.29, 0.717) is 0 Å². The fourth-order valence-corrected chi connectivity index (χ4v) is 0.363. The Hall–Kier alpha value is -0.810. The summed E-state index contributed by atoms with van der Waals surface area (Å²) in [5.74, 6) is -0.424. The lowest BCUT2D eigenvalue weighted by Crippen LogP contribution is -2.23. The molecule has 0 radical (unpaired) electrons. The number of aliphatic hydroxyl groups is 2. The number of hydrogen-bond donors (Lipinski definition) is 3. The molecule has 0 atom stereocenters. The predicted molar refractivity (Wildman–Crippen MR) is 33.2 cm³/mol. The smallest absolute Gasteiger partial charge is 0.404 e. The summed E-state index contributed by atoms with van der Waals surface area (Å²) in [5, 5.41) is 16.9. The van der Waals surface area contributed by atoms with Gasteiger partial charge < -0.3 is 20.7 Å². The van der Waals surface area contributed by atoms with Crippen LogP contribution >= 0.6 is 0 Å². The van der Waals surface area contributed by atoms with E-state index in [0.717, 1.165) is 0 Å². The number of primary amides is 1. The third-order valence-electron chi connectivity index (χ3n) is 0.978. The summed E-state index contributed by atoms with van der Waals surface area (Å²) in [6, 6.07) is 0. The van der Waals surface area contributed by atoms with Gasteiger partial charge >= 0.3 is 6.09 Å². The topological polar surface area (TPSA) is 92.8 Å². The lowest BCUT2D eigenvalue weighted by atomic mass is 10.2. The number of nitrogens with two attached hydrogens (primary N) is 1. The van der Waals surface area contributed by atoms with Crippen molar-refractivity contribution < 1.29 is 19.7 Å². The van der Waals surface area contributed by atoms with Crippen molar-refractivity contribution in [1.29, 1.82) is 0 Å². The molecule has 0 saturated heterocycles. The van der Waals surface area contributed by atoms with Crippen molar-refractivity contribution in [2.24, 2.45) is 11.7 Å². The normalized spacial score (nSPS) is 9.90. The van der Waals surface area contributed by atoms with E-state index in [4.69, 9.17) is 10.2 Å². The second kappa shape index (κ2) is 5.01. The zero-order valence-corrected chi connectivity index (χ0v) is 5.49. The van der Waals surface area contributed by atoms with E-state index >= 15 is 0 Å². The number of aliphatic hydroxyl groups excluding tert-OH is 2. The average molecular weight is 149 g/mol. The third kappa shape index (κ3) is 4.11.